The Bertz CT molecular complexity index is 220. The van der Waals surface area contributed by atoms with Crippen molar-refractivity contribution in [2.75, 3.05) is 0 Å². The summed E-state index contributed by atoms with van der Waals surface area (Å²) in [5.74, 6) is 0. The van der Waals surface area contributed by atoms with Crippen LogP contribution in [-0.2, 0) is 0 Å². The van der Waals surface area contributed by atoms with Gasteiger partial charge in [-0.2, -0.15) is 0 Å². The molecule has 1 aromatic rings. The molecule has 0 aliphatic carbocycles. The van der Waals surface area contributed by atoms with Crippen LogP contribution < -0.4 is 0 Å². The van der Waals surface area contributed by atoms with Gasteiger partial charge in [-0.25, -0.2) is 4.39 Å². The first kappa shape index (κ1) is 8.14. The molecule has 0 aliphatic heterocycles. The van der Waals surface area contributed by atoms with E-state index in [1.165, 1.54) is 6.20 Å². The zero-order valence-electron chi connectivity index (χ0n) is 6.16. The highest BCUT2D eigenvalue weighted by atomic mass is 19.1. The van der Waals surface area contributed by atoms with Crippen molar-refractivity contribution in [1.82, 2.24) is 4.98 Å². The molecule has 2 nitrogen and oxygen atoms in total. The molecule has 1 N–H and O–H groups in total. The highest BCUT2D eigenvalue weighted by Gasteiger charge is 2.01. The average molecular weight is 154 g/mol. The van der Waals surface area contributed by atoms with E-state index in [2.05, 4.69) is 4.98 Å². The van der Waals surface area contributed by atoms with Gasteiger partial charge in [0.05, 0.1) is 6.42 Å². The molecule has 1 radical (unpaired) electrons. The van der Waals surface area contributed by atoms with Gasteiger partial charge in [0.25, 0.3) is 0 Å². The lowest BCUT2D eigenvalue weighted by Gasteiger charge is -1.99. The first-order valence-electron chi connectivity index (χ1n) is 3.28. The van der Waals surface area contributed by atoms with E-state index in [0.717, 1.165) is 12.1 Å². The van der Waals surface area contributed by atoms with Gasteiger partial charge >= 0.3 is 0 Å². The molecule has 3 heteroatoms. The molecule has 0 bridgehead atoms. The number of rotatable bonds is 2. The van der Waals surface area contributed by atoms with Gasteiger partial charge in [0.15, 0.2) is 0 Å². The molecular formula is C8H9FNO. The molecule has 0 fully saturated rings. The first-order chi connectivity index (χ1) is 5.18. The van der Waals surface area contributed by atoms with E-state index in [4.69, 9.17) is 5.11 Å². The van der Waals surface area contributed by atoms with Crippen LogP contribution in [0.25, 0.3) is 0 Å². The van der Waals surface area contributed by atoms with Crippen molar-refractivity contribution in [2.24, 2.45) is 0 Å². The summed E-state index contributed by atoms with van der Waals surface area (Å²) in [6.45, 7) is 1.84. The Kier molecular flexibility index (Phi) is 2.54. The SMILES string of the molecule is Cc1ccc([CH]C(O)F)cn1. The summed E-state index contributed by atoms with van der Waals surface area (Å²) in [4.78, 5) is 3.92. The van der Waals surface area contributed by atoms with Gasteiger partial charge in [-0.3, -0.25) is 4.98 Å². The third kappa shape index (κ3) is 2.63. The van der Waals surface area contributed by atoms with Crippen LogP contribution >= 0.6 is 0 Å². The lowest BCUT2D eigenvalue weighted by atomic mass is 10.2. The number of aliphatic hydroxyl groups excluding tert-OH is 1. The Balaban J connectivity index is 2.66. The topological polar surface area (TPSA) is 33.1 Å². The molecule has 1 atom stereocenters. The van der Waals surface area contributed by atoms with Gasteiger partial charge in [-0.15, -0.1) is 0 Å². The Morgan fingerprint density at radius 2 is 2.36 bits per heavy atom. The molecule has 59 valence electrons. The fourth-order valence-electron chi connectivity index (χ4n) is 0.737. The number of alkyl halides is 1. The number of aliphatic hydroxyl groups is 1. The Hall–Kier alpha value is -0.960. The molecule has 0 aromatic carbocycles. The summed E-state index contributed by atoms with van der Waals surface area (Å²) in [7, 11) is 0. The quantitative estimate of drug-likeness (QED) is 0.695. The third-order valence-corrected chi connectivity index (χ3v) is 1.26. The summed E-state index contributed by atoms with van der Waals surface area (Å²) >= 11 is 0. The molecule has 0 spiro atoms. The molecular weight excluding hydrogens is 145 g/mol. The van der Waals surface area contributed by atoms with Gasteiger partial charge in [-0.1, -0.05) is 6.07 Å². The van der Waals surface area contributed by atoms with Crippen molar-refractivity contribution in [3.63, 3.8) is 0 Å². The second-order valence-corrected chi connectivity index (χ2v) is 2.27. The van der Waals surface area contributed by atoms with E-state index in [9.17, 15) is 4.39 Å². The summed E-state index contributed by atoms with van der Waals surface area (Å²) in [5, 5.41) is 8.33. The molecule has 11 heavy (non-hydrogen) atoms. The minimum Gasteiger partial charge on any atom is -0.364 e. The van der Waals surface area contributed by atoms with E-state index in [1.54, 1.807) is 12.1 Å². The number of halogens is 1. The van der Waals surface area contributed by atoms with Gasteiger partial charge in [0, 0.05) is 11.9 Å². The Morgan fingerprint density at radius 3 is 2.82 bits per heavy atom. The lowest BCUT2D eigenvalue weighted by Crippen LogP contribution is -1.99. The van der Waals surface area contributed by atoms with Crippen molar-refractivity contribution in [3.8, 4) is 0 Å². The van der Waals surface area contributed by atoms with Gasteiger partial charge in [0.2, 0.25) is 6.36 Å². The number of pyridine rings is 1. The van der Waals surface area contributed by atoms with Crippen molar-refractivity contribution >= 4 is 0 Å². The van der Waals surface area contributed by atoms with Gasteiger partial charge in [-0.05, 0) is 18.6 Å². The Morgan fingerprint density at radius 1 is 1.64 bits per heavy atom. The summed E-state index contributed by atoms with van der Waals surface area (Å²) in [6, 6.07) is 3.46. The molecule has 0 aliphatic rings. The van der Waals surface area contributed by atoms with Crippen molar-refractivity contribution < 1.29 is 9.50 Å². The van der Waals surface area contributed by atoms with E-state index in [0.29, 0.717) is 5.56 Å². The number of hydrogen-bond acceptors (Lipinski definition) is 2. The van der Waals surface area contributed by atoms with Crippen molar-refractivity contribution in [1.29, 1.82) is 0 Å². The van der Waals surface area contributed by atoms with Crippen LogP contribution in [0.3, 0.4) is 0 Å². The summed E-state index contributed by atoms with van der Waals surface area (Å²) < 4.78 is 12.0. The van der Waals surface area contributed by atoms with Crippen LogP contribution in [0.2, 0.25) is 0 Å². The third-order valence-electron chi connectivity index (χ3n) is 1.26. The zero-order valence-corrected chi connectivity index (χ0v) is 6.16. The van der Waals surface area contributed by atoms with E-state index >= 15 is 0 Å². The van der Waals surface area contributed by atoms with Gasteiger partial charge < -0.3 is 5.11 Å². The number of nitrogens with zero attached hydrogens (tertiary/aromatic N) is 1. The maximum Gasteiger partial charge on any atom is 0.204 e. The molecule has 1 aromatic heterocycles. The minimum atomic E-state index is -1.90. The van der Waals surface area contributed by atoms with Crippen molar-refractivity contribution in [2.45, 2.75) is 13.3 Å². The molecule has 0 saturated heterocycles. The second kappa shape index (κ2) is 3.44. The maximum atomic E-state index is 12.0. The standard InChI is InChI=1S/C8H9FNO/c1-6-2-3-7(5-10-6)4-8(9)11/h2-5,8,11H,1H3. The predicted octanol–water partition coefficient (Wildman–Crippen LogP) is 1.23. The highest BCUT2D eigenvalue weighted by molar-refractivity contribution is 5.21. The second-order valence-electron chi connectivity index (χ2n) is 2.27. The van der Waals surface area contributed by atoms with E-state index in [-0.39, 0.29) is 0 Å². The predicted molar refractivity (Wildman–Crippen MR) is 39.5 cm³/mol. The molecule has 0 amide bonds. The van der Waals surface area contributed by atoms with Crippen LogP contribution in [0, 0.1) is 13.3 Å². The summed E-state index contributed by atoms with van der Waals surface area (Å²) in [5.41, 5.74) is 1.46. The van der Waals surface area contributed by atoms with Crippen LogP contribution in [0.4, 0.5) is 4.39 Å². The average Bonchev–Trinajstić information content (AvgIpc) is 1.93. The van der Waals surface area contributed by atoms with Crippen LogP contribution in [0.1, 0.15) is 11.3 Å². The normalized spacial score (nSPS) is 13.0. The molecule has 0 saturated carbocycles. The largest absolute Gasteiger partial charge is 0.364 e. The van der Waals surface area contributed by atoms with E-state index < -0.39 is 6.36 Å². The molecule has 1 rings (SSSR count). The number of hydrogen-bond donors (Lipinski definition) is 1. The summed E-state index contributed by atoms with van der Waals surface area (Å²) in [6.07, 6.45) is 0.699. The van der Waals surface area contributed by atoms with Crippen LogP contribution in [0.5, 0.6) is 0 Å². The fraction of sp³-hybridized carbons (Fsp3) is 0.250. The number of aryl methyl sites for hydroxylation is 1. The monoisotopic (exact) mass is 154 g/mol. The van der Waals surface area contributed by atoms with E-state index in [1.807, 2.05) is 6.92 Å². The molecule has 1 unspecified atom stereocenters. The fourth-order valence-corrected chi connectivity index (χ4v) is 0.737. The highest BCUT2D eigenvalue weighted by Crippen LogP contribution is 2.05. The first-order valence-corrected chi connectivity index (χ1v) is 3.28. The Labute approximate surface area is 64.7 Å². The lowest BCUT2D eigenvalue weighted by molar-refractivity contribution is 0.0759. The van der Waals surface area contributed by atoms with Gasteiger partial charge in [0.1, 0.15) is 0 Å². The minimum absolute atomic E-state index is 0.589. The maximum absolute atomic E-state index is 12.0. The smallest absolute Gasteiger partial charge is 0.204 e. The van der Waals surface area contributed by atoms with Crippen LogP contribution in [0.15, 0.2) is 18.3 Å². The van der Waals surface area contributed by atoms with Crippen LogP contribution in [-0.4, -0.2) is 16.4 Å². The zero-order chi connectivity index (χ0) is 8.27. The van der Waals surface area contributed by atoms with Crippen molar-refractivity contribution in [3.05, 3.63) is 36.0 Å². The molecule has 1 heterocycles. The number of aromatic nitrogens is 1.